The van der Waals surface area contributed by atoms with Crippen LogP contribution in [0.15, 0.2) is 29.3 Å². The molecule has 1 aromatic rings. The van der Waals surface area contributed by atoms with Crippen LogP contribution >= 0.6 is 11.6 Å². The Labute approximate surface area is 154 Å². The van der Waals surface area contributed by atoms with E-state index in [0.717, 1.165) is 5.56 Å². The van der Waals surface area contributed by atoms with Crippen molar-refractivity contribution in [3.05, 3.63) is 34.9 Å². The van der Waals surface area contributed by atoms with Crippen molar-refractivity contribution in [1.82, 2.24) is 14.9 Å². The summed E-state index contributed by atoms with van der Waals surface area (Å²) < 4.78 is 31.3. The van der Waals surface area contributed by atoms with Gasteiger partial charge in [-0.15, -0.1) is 0 Å². The van der Waals surface area contributed by atoms with E-state index in [9.17, 15) is 8.42 Å². The molecule has 0 unspecified atom stereocenters. The molecular formula is C16H25ClN4O3S. The molecule has 1 fully saturated rings. The molecular weight excluding hydrogens is 364 g/mol. The Bertz CT molecular complexity index is 676. The molecule has 0 bridgehead atoms. The number of guanidine groups is 1. The molecule has 0 spiro atoms. The van der Waals surface area contributed by atoms with Crippen LogP contribution in [0, 0.1) is 0 Å². The van der Waals surface area contributed by atoms with Gasteiger partial charge in [0, 0.05) is 31.2 Å². The van der Waals surface area contributed by atoms with Crippen LogP contribution in [0.4, 0.5) is 0 Å². The molecule has 0 saturated carbocycles. The normalized spacial score (nSPS) is 16.6. The zero-order valence-electron chi connectivity index (χ0n) is 14.4. The topological polar surface area (TPSA) is 83.0 Å². The van der Waals surface area contributed by atoms with Crippen molar-refractivity contribution < 1.29 is 13.2 Å². The van der Waals surface area contributed by atoms with Gasteiger partial charge in [0.1, 0.15) is 0 Å². The van der Waals surface area contributed by atoms with Crippen LogP contribution in [0.1, 0.15) is 12.5 Å². The van der Waals surface area contributed by atoms with Crippen LogP contribution in [-0.2, 0) is 21.3 Å². The van der Waals surface area contributed by atoms with E-state index in [1.807, 2.05) is 31.2 Å². The number of rotatable bonds is 7. The molecule has 1 aromatic carbocycles. The number of ether oxygens (including phenoxy) is 1. The highest BCUT2D eigenvalue weighted by atomic mass is 35.5. The highest BCUT2D eigenvalue weighted by molar-refractivity contribution is 7.89. The van der Waals surface area contributed by atoms with Gasteiger partial charge in [0.05, 0.1) is 25.5 Å². The fraction of sp³-hybridized carbons (Fsp3) is 0.562. The van der Waals surface area contributed by atoms with Crippen LogP contribution in [0.2, 0.25) is 5.02 Å². The van der Waals surface area contributed by atoms with Crippen molar-refractivity contribution in [2.24, 2.45) is 4.99 Å². The maximum absolute atomic E-state index is 12.3. The Morgan fingerprint density at radius 1 is 1.28 bits per heavy atom. The predicted octanol–water partition coefficient (Wildman–Crippen LogP) is 1.06. The number of nitrogens with zero attached hydrogens (tertiary/aromatic N) is 2. The van der Waals surface area contributed by atoms with Gasteiger partial charge in [0.2, 0.25) is 10.0 Å². The summed E-state index contributed by atoms with van der Waals surface area (Å²) in [5.41, 5.74) is 0.919. The number of morpholine rings is 1. The first-order valence-corrected chi connectivity index (χ1v) is 10.3. The zero-order valence-corrected chi connectivity index (χ0v) is 15.9. The summed E-state index contributed by atoms with van der Waals surface area (Å²) >= 11 is 6.13. The van der Waals surface area contributed by atoms with Crippen molar-refractivity contribution in [2.45, 2.75) is 13.5 Å². The summed E-state index contributed by atoms with van der Waals surface area (Å²) in [5.74, 6) is 0.586. The standard InChI is InChI=1S/C16H25ClN4O3S/c1-2-18-16(20-13-14-5-3-4-6-15(14)17)19-7-12-25(22,23)21-8-10-24-11-9-21/h3-6H,2,7-13H2,1H3,(H2,18,19,20). The lowest BCUT2D eigenvalue weighted by Gasteiger charge is -2.26. The van der Waals surface area contributed by atoms with E-state index in [0.29, 0.717) is 50.4 Å². The van der Waals surface area contributed by atoms with Crippen LogP contribution in [0.25, 0.3) is 0 Å². The summed E-state index contributed by atoms with van der Waals surface area (Å²) in [4.78, 5) is 4.46. The van der Waals surface area contributed by atoms with Gasteiger partial charge >= 0.3 is 0 Å². The van der Waals surface area contributed by atoms with Crippen molar-refractivity contribution >= 4 is 27.6 Å². The minimum absolute atomic E-state index is 0.0174. The van der Waals surface area contributed by atoms with Gasteiger partial charge in [0.15, 0.2) is 5.96 Å². The molecule has 2 N–H and O–H groups in total. The van der Waals surface area contributed by atoms with Gasteiger partial charge in [-0.2, -0.15) is 4.31 Å². The summed E-state index contributed by atoms with van der Waals surface area (Å²) in [7, 11) is -3.28. The van der Waals surface area contributed by atoms with Crippen molar-refractivity contribution in [2.75, 3.05) is 45.1 Å². The van der Waals surface area contributed by atoms with E-state index in [1.165, 1.54) is 4.31 Å². The second-order valence-corrected chi connectivity index (χ2v) is 8.04. The molecule has 140 valence electrons. The van der Waals surface area contributed by atoms with Gasteiger partial charge in [-0.3, -0.25) is 0 Å². The van der Waals surface area contributed by atoms with E-state index < -0.39 is 10.0 Å². The highest BCUT2D eigenvalue weighted by Crippen LogP contribution is 2.15. The Hall–Kier alpha value is -1.35. The summed E-state index contributed by atoms with van der Waals surface area (Å²) in [6.45, 7) is 5.09. The second kappa shape index (κ2) is 9.96. The lowest BCUT2D eigenvalue weighted by Crippen LogP contribution is -2.45. The minimum atomic E-state index is -3.28. The maximum Gasteiger partial charge on any atom is 0.215 e. The Morgan fingerprint density at radius 3 is 2.68 bits per heavy atom. The molecule has 1 saturated heterocycles. The zero-order chi connectivity index (χ0) is 18.1. The molecule has 0 aromatic heterocycles. The van der Waals surface area contributed by atoms with E-state index in [2.05, 4.69) is 15.6 Å². The first kappa shape index (κ1) is 20.0. The fourth-order valence-electron chi connectivity index (χ4n) is 2.38. The van der Waals surface area contributed by atoms with E-state index in [1.54, 1.807) is 0 Å². The Morgan fingerprint density at radius 2 is 2.00 bits per heavy atom. The summed E-state index contributed by atoms with van der Waals surface area (Å²) in [6, 6.07) is 7.52. The number of aliphatic imine (C=N–C) groups is 1. The number of halogens is 1. The molecule has 2 rings (SSSR count). The van der Waals surface area contributed by atoms with E-state index in [-0.39, 0.29) is 12.3 Å². The van der Waals surface area contributed by atoms with E-state index >= 15 is 0 Å². The van der Waals surface area contributed by atoms with Crippen LogP contribution in [0.5, 0.6) is 0 Å². The molecule has 0 radical (unpaired) electrons. The third-order valence-electron chi connectivity index (χ3n) is 3.73. The number of nitrogens with one attached hydrogen (secondary N) is 2. The SMILES string of the molecule is CCNC(=NCc1ccccc1Cl)NCCS(=O)(=O)N1CCOCC1. The molecule has 0 atom stereocenters. The highest BCUT2D eigenvalue weighted by Gasteiger charge is 2.23. The lowest BCUT2D eigenvalue weighted by atomic mass is 10.2. The average Bonchev–Trinajstić information content (AvgIpc) is 2.61. The molecule has 9 heteroatoms. The summed E-state index contributed by atoms with van der Waals surface area (Å²) in [5, 5.41) is 6.83. The van der Waals surface area contributed by atoms with Crippen molar-refractivity contribution in [3.8, 4) is 0 Å². The Balaban J connectivity index is 1.88. The van der Waals surface area contributed by atoms with Gasteiger partial charge < -0.3 is 15.4 Å². The molecule has 1 aliphatic rings. The monoisotopic (exact) mass is 388 g/mol. The van der Waals surface area contributed by atoms with Crippen LogP contribution in [-0.4, -0.2) is 63.8 Å². The minimum Gasteiger partial charge on any atom is -0.379 e. The quantitative estimate of drug-likeness (QED) is 0.539. The van der Waals surface area contributed by atoms with Crippen molar-refractivity contribution in [3.63, 3.8) is 0 Å². The first-order valence-electron chi connectivity index (χ1n) is 8.34. The fourth-order valence-corrected chi connectivity index (χ4v) is 3.90. The molecule has 0 amide bonds. The van der Waals surface area contributed by atoms with Gasteiger partial charge in [-0.25, -0.2) is 13.4 Å². The van der Waals surface area contributed by atoms with Gasteiger partial charge in [-0.1, -0.05) is 29.8 Å². The molecule has 1 heterocycles. The number of hydrogen-bond acceptors (Lipinski definition) is 4. The van der Waals surface area contributed by atoms with Crippen LogP contribution < -0.4 is 10.6 Å². The number of hydrogen-bond donors (Lipinski definition) is 2. The van der Waals surface area contributed by atoms with E-state index in [4.69, 9.17) is 16.3 Å². The van der Waals surface area contributed by atoms with Gasteiger partial charge in [-0.05, 0) is 18.6 Å². The third-order valence-corrected chi connectivity index (χ3v) is 5.97. The number of benzene rings is 1. The Kier molecular flexibility index (Phi) is 7.95. The van der Waals surface area contributed by atoms with Gasteiger partial charge in [0.25, 0.3) is 0 Å². The smallest absolute Gasteiger partial charge is 0.215 e. The molecule has 7 nitrogen and oxygen atoms in total. The molecule has 0 aliphatic carbocycles. The molecule has 1 aliphatic heterocycles. The molecule has 25 heavy (non-hydrogen) atoms. The lowest BCUT2D eigenvalue weighted by molar-refractivity contribution is 0.0730. The predicted molar refractivity (Wildman–Crippen MR) is 100 cm³/mol. The largest absolute Gasteiger partial charge is 0.379 e. The third kappa shape index (κ3) is 6.47. The first-order chi connectivity index (χ1) is 12.0. The maximum atomic E-state index is 12.3. The number of sulfonamides is 1. The second-order valence-electron chi connectivity index (χ2n) is 5.54. The van der Waals surface area contributed by atoms with Crippen molar-refractivity contribution in [1.29, 1.82) is 0 Å². The average molecular weight is 389 g/mol. The van der Waals surface area contributed by atoms with Crippen LogP contribution in [0.3, 0.4) is 0 Å². The summed E-state index contributed by atoms with van der Waals surface area (Å²) in [6.07, 6.45) is 0.